The number of hydrogen-bond acceptors (Lipinski definition) is 4. The number of rotatable bonds is 4. The molecule has 0 amide bonds. The predicted octanol–water partition coefficient (Wildman–Crippen LogP) is 0.319. The van der Waals surface area contributed by atoms with Gasteiger partial charge in [-0.15, -0.1) is 0 Å². The molecule has 0 spiro atoms. The van der Waals surface area contributed by atoms with Crippen molar-refractivity contribution in [2.75, 3.05) is 37.8 Å². The second kappa shape index (κ2) is 4.67. The third-order valence-corrected chi connectivity index (χ3v) is 1.86. The number of nitrogens with two attached hydrogens (primary N) is 1. The van der Waals surface area contributed by atoms with Crippen molar-refractivity contribution in [2.24, 2.45) is 0 Å². The van der Waals surface area contributed by atoms with E-state index in [2.05, 4.69) is 15.2 Å². The molecule has 1 heterocycles. The highest BCUT2D eigenvalue weighted by Gasteiger charge is 2.00. The molecule has 0 saturated heterocycles. The van der Waals surface area contributed by atoms with E-state index in [9.17, 15) is 0 Å². The van der Waals surface area contributed by atoms with Gasteiger partial charge < -0.3 is 16.0 Å². The minimum atomic E-state index is 0.751. The number of likely N-dealkylation sites (N-methyl/N-ethyl adjacent to an activating group) is 2. The van der Waals surface area contributed by atoms with Gasteiger partial charge in [-0.2, -0.15) is 0 Å². The second-order valence-corrected chi connectivity index (χ2v) is 2.97. The first-order chi connectivity index (χ1) is 6.24. The van der Waals surface area contributed by atoms with Gasteiger partial charge in [-0.3, -0.25) is 0 Å². The van der Waals surface area contributed by atoms with E-state index in [1.54, 1.807) is 12.3 Å². The van der Waals surface area contributed by atoms with Crippen molar-refractivity contribution in [1.29, 1.82) is 0 Å². The summed E-state index contributed by atoms with van der Waals surface area (Å²) in [6.07, 6.45) is 1.72. The Kier molecular flexibility index (Phi) is 3.52. The van der Waals surface area contributed by atoms with Gasteiger partial charge in [0.2, 0.25) is 0 Å². The highest BCUT2D eigenvalue weighted by atomic mass is 15.2. The van der Waals surface area contributed by atoms with Crippen LogP contribution in [0, 0.1) is 0 Å². The summed E-state index contributed by atoms with van der Waals surface area (Å²) in [6, 6.07) is 3.66. The molecule has 1 rings (SSSR count). The summed E-state index contributed by atoms with van der Waals surface area (Å²) in [5.74, 6) is 0.912. The maximum absolute atomic E-state index is 5.64. The molecule has 0 radical (unpaired) electrons. The van der Waals surface area contributed by atoms with E-state index < -0.39 is 0 Å². The maximum Gasteiger partial charge on any atom is 0.130 e. The number of anilines is 2. The number of aromatic nitrogens is 1. The first kappa shape index (κ1) is 9.80. The molecule has 0 aliphatic heterocycles. The van der Waals surface area contributed by atoms with Crippen LogP contribution in [0.1, 0.15) is 0 Å². The lowest BCUT2D eigenvalue weighted by molar-refractivity contribution is 0.762. The van der Waals surface area contributed by atoms with Crippen LogP contribution in [-0.2, 0) is 0 Å². The van der Waals surface area contributed by atoms with Gasteiger partial charge >= 0.3 is 0 Å². The average Bonchev–Trinajstić information content (AvgIpc) is 2.14. The number of nitrogens with zero attached hydrogens (tertiary/aromatic N) is 2. The van der Waals surface area contributed by atoms with Crippen molar-refractivity contribution in [2.45, 2.75) is 0 Å². The van der Waals surface area contributed by atoms with Crippen LogP contribution in [0.15, 0.2) is 18.3 Å². The van der Waals surface area contributed by atoms with E-state index in [1.807, 2.05) is 20.2 Å². The summed E-state index contributed by atoms with van der Waals surface area (Å²) in [4.78, 5) is 6.27. The highest BCUT2D eigenvalue weighted by molar-refractivity contribution is 5.49. The molecular formula is C9H16N4. The van der Waals surface area contributed by atoms with Gasteiger partial charge in [0.25, 0.3) is 0 Å². The largest absolute Gasteiger partial charge is 0.399 e. The van der Waals surface area contributed by atoms with Crippen LogP contribution in [0.3, 0.4) is 0 Å². The van der Waals surface area contributed by atoms with Gasteiger partial charge in [-0.05, 0) is 13.1 Å². The number of hydrogen-bond donors (Lipinski definition) is 2. The first-order valence-electron chi connectivity index (χ1n) is 4.31. The van der Waals surface area contributed by atoms with Crippen LogP contribution in [0.25, 0.3) is 0 Å². The zero-order valence-corrected chi connectivity index (χ0v) is 8.12. The minimum Gasteiger partial charge on any atom is -0.399 e. The molecular weight excluding hydrogens is 164 g/mol. The molecule has 1 aromatic heterocycles. The maximum atomic E-state index is 5.64. The fraction of sp³-hybridized carbons (Fsp3) is 0.444. The van der Waals surface area contributed by atoms with Crippen molar-refractivity contribution >= 4 is 11.5 Å². The Morgan fingerprint density at radius 2 is 2.38 bits per heavy atom. The Labute approximate surface area is 78.8 Å². The lowest BCUT2D eigenvalue weighted by atomic mass is 10.4. The topological polar surface area (TPSA) is 54.2 Å². The van der Waals surface area contributed by atoms with Gasteiger partial charge in [0.05, 0.1) is 0 Å². The summed E-state index contributed by atoms with van der Waals surface area (Å²) in [7, 11) is 3.93. The SMILES string of the molecule is CNCCN(C)c1cc(N)ccn1. The molecule has 4 nitrogen and oxygen atoms in total. The van der Waals surface area contributed by atoms with Gasteiger partial charge in [0.1, 0.15) is 5.82 Å². The van der Waals surface area contributed by atoms with Gasteiger partial charge in [0, 0.05) is 38.1 Å². The molecule has 0 atom stereocenters. The molecule has 0 unspecified atom stereocenters. The lowest BCUT2D eigenvalue weighted by Gasteiger charge is -2.17. The Morgan fingerprint density at radius 3 is 3.00 bits per heavy atom. The summed E-state index contributed by atoms with van der Waals surface area (Å²) >= 11 is 0. The minimum absolute atomic E-state index is 0.751. The van der Waals surface area contributed by atoms with Crippen molar-refractivity contribution in [3.05, 3.63) is 18.3 Å². The molecule has 0 aliphatic carbocycles. The molecule has 0 saturated carbocycles. The Bertz CT molecular complexity index is 262. The molecule has 0 aliphatic rings. The third-order valence-electron chi connectivity index (χ3n) is 1.86. The fourth-order valence-corrected chi connectivity index (χ4v) is 1.04. The summed E-state index contributed by atoms with van der Waals surface area (Å²) in [5.41, 5.74) is 6.39. The van der Waals surface area contributed by atoms with Crippen LogP contribution in [0.2, 0.25) is 0 Å². The number of pyridine rings is 1. The Hall–Kier alpha value is -1.29. The monoisotopic (exact) mass is 180 g/mol. The average molecular weight is 180 g/mol. The highest BCUT2D eigenvalue weighted by Crippen LogP contribution is 2.11. The van der Waals surface area contributed by atoms with Gasteiger partial charge in [-0.1, -0.05) is 0 Å². The van der Waals surface area contributed by atoms with E-state index in [0.717, 1.165) is 24.6 Å². The summed E-state index contributed by atoms with van der Waals surface area (Å²) < 4.78 is 0. The number of nitrogen functional groups attached to an aromatic ring is 1. The third kappa shape index (κ3) is 2.91. The summed E-state index contributed by atoms with van der Waals surface area (Å²) in [5, 5.41) is 3.08. The smallest absolute Gasteiger partial charge is 0.130 e. The van der Waals surface area contributed by atoms with Gasteiger partial charge in [0.15, 0.2) is 0 Å². The van der Waals surface area contributed by atoms with Crippen LogP contribution >= 0.6 is 0 Å². The molecule has 3 N–H and O–H groups in total. The van der Waals surface area contributed by atoms with E-state index in [-0.39, 0.29) is 0 Å². The Balaban J connectivity index is 2.60. The molecule has 13 heavy (non-hydrogen) atoms. The van der Waals surface area contributed by atoms with E-state index >= 15 is 0 Å². The first-order valence-corrected chi connectivity index (χ1v) is 4.31. The Morgan fingerprint density at radius 1 is 1.62 bits per heavy atom. The van der Waals surface area contributed by atoms with Crippen molar-refractivity contribution in [3.8, 4) is 0 Å². The van der Waals surface area contributed by atoms with E-state index in [0.29, 0.717) is 0 Å². The molecule has 0 fully saturated rings. The van der Waals surface area contributed by atoms with Crippen LogP contribution in [0.4, 0.5) is 11.5 Å². The van der Waals surface area contributed by atoms with Crippen LogP contribution < -0.4 is 16.0 Å². The van der Waals surface area contributed by atoms with E-state index in [4.69, 9.17) is 5.73 Å². The van der Waals surface area contributed by atoms with Crippen molar-refractivity contribution in [3.63, 3.8) is 0 Å². The normalized spacial score (nSPS) is 10.0. The lowest BCUT2D eigenvalue weighted by Crippen LogP contribution is -2.27. The standard InChI is InChI=1S/C9H16N4/c1-11-5-6-13(2)9-7-8(10)3-4-12-9/h3-4,7,11H,5-6H2,1-2H3,(H2,10,12). The van der Waals surface area contributed by atoms with Gasteiger partial charge in [-0.25, -0.2) is 4.98 Å². The van der Waals surface area contributed by atoms with Crippen molar-refractivity contribution < 1.29 is 0 Å². The van der Waals surface area contributed by atoms with Crippen molar-refractivity contribution in [1.82, 2.24) is 10.3 Å². The second-order valence-electron chi connectivity index (χ2n) is 2.97. The fourth-order valence-electron chi connectivity index (χ4n) is 1.04. The zero-order chi connectivity index (χ0) is 9.68. The molecule has 0 bridgehead atoms. The molecule has 1 aromatic rings. The molecule has 72 valence electrons. The van der Waals surface area contributed by atoms with Crippen LogP contribution in [0.5, 0.6) is 0 Å². The molecule has 0 aromatic carbocycles. The predicted molar refractivity (Wildman–Crippen MR) is 55.8 cm³/mol. The zero-order valence-electron chi connectivity index (χ0n) is 8.12. The summed E-state index contributed by atoms with van der Waals surface area (Å²) in [6.45, 7) is 1.86. The quantitative estimate of drug-likeness (QED) is 0.700. The van der Waals surface area contributed by atoms with E-state index in [1.165, 1.54) is 0 Å². The van der Waals surface area contributed by atoms with Crippen LogP contribution in [-0.4, -0.2) is 32.2 Å². The number of nitrogens with one attached hydrogen (secondary N) is 1. The molecule has 4 heteroatoms.